The van der Waals surface area contributed by atoms with Crippen LogP contribution in [-0.4, -0.2) is 0 Å². The third-order valence-electron chi connectivity index (χ3n) is 4.73. The predicted molar refractivity (Wildman–Crippen MR) is 128 cm³/mol. The Balaban J connectivity index is 1.69. The molecule has 0 radical (unpaired) electrons. The Morgan fingerprint density at radius 3 is 1.13 bits per heavy atom. The molecule has 0 spiro atoms. The van der Waals surface area contributed by atoms with Gasteiger partial charge in [-0.3, -0.25) is 0 Å². The minimum Gasteiger partial charge on any atom is -0.457 e. The number of hydrogen-bond donors (Lipinski definition) is 0. The molecule has 4 heteroatoms. The number of ether oxygens (including phenoxy) is 3. The molecule has 0 amide bonds. The summed E-state index contributed by atoms with van der Waals surface area (Å²) in [7, 11) is 0. The number of rotatable bonds is 6. The van der Waals surface area contributed by atoms with Crippen LogP contribution in [0.25, 0.3) is 0 Å². The zero-order valence-electron chi connectivity index (χ0n) is 17.7. The molecule has 0 fully saturated rings. The molecule has 0 aliphatic carbocycles. The van der Waals surface area contributed by atoms with Crippen molar-refractivity contribution in [3.63, 3.8) is 0 Å². The molecule has 0 aliphatic rings. The Labute approximate surface area is 191 Å². The van der Waals surface area contributed by atoms with Crippen LogP contribution >= 0.6 is 15.9 Å². The predicted octanol–water partition coefficient (Wildman–Crippen LogP) is 8.75. The SMILES string of the molecule is Cc1ccc(Oc2cc(Oc3ccc(C)cc3)c(Br)c(Oc3ccc(C)cc3)c2)cc1. The van der Waals surface area contributed by atoms with Gasteiger partial charge in [0.05, 0.1) is 0 Å². The van der Waals surface area contributed by atoms with Crippen LogP contribution in [0.4, 0.5) is 0 Å². The van der Waals surface area contributed by atoms with Crippen molar-refractivity contribution in [2.75, 3.05) is 0 Å². The van der Waals surface area contributed by atoms with Crippen molar-refractivity contribution in [3.05, 3.63) is 106 Å². The molecule has 0 aliphatic heterocycles. The van der Waals surface area contributed by atoms with Crippen LogP contribution in [0.1, 0.15) is 16.7 Å². The van der Waals surface area contributed by atoms with E-state index in [0.717, 1.165) is 17.2 Å². The summed E-state index contributed by atoms with van der Waals surface area (Å²) in [4.78, 5) is 0. The molecule has 0 aromatic heterocycles. The Morgan fingerprint density at radius 1 is 0.452 bits per heavy atom. The first-order valence-corrected chi connectivity index (χ1v) is 10.8. The van der Waals surface area contributed by atoms with Crippen LogP contribution in [0.15, 0.2) is 89.4 Å². The smallest absolute Gasteiger partial charge is 0.149 e. The van der Waals surface area contributed by atoms with Crippen LogP contribution < -0.4 is 14.2 Å². The van der Waals surface area contributed by atoms with Gasteiger partial charge in [0.1, 0.15) is 39.0 Å². The number of halogens is 1. The van der Waals surface area contributed by atoms with E-state index in [9.17, 15) is 0 Å². The van der Waals surface area contributed by atoms with Gasteiger partial charge in [0.15, 0.2) is 0 Å². The Hall–Kier alpha value is -3.24. The van der Waals surface area contributed by atoms with E-state index in [0.29, 0.717) is 21.7 Å². The van der Waals surface area contributed by atoms with Gasteiger partial charge in [-0.2, -0.15) is 0 Å². The van der Waals surface area contributed by atoms with Gasteiger partial charge in [0, 0.05) is 12.1 Å². The van der Waals surface area contributed by atoms with Gasteiger partial charge in [-0.05, 0) is 73.1 Å². The maximum absolute atomic E-state index is 6.15. The topological polar surface area (TPSA) is 27.7 Å². The molecular weight excluding hydrogens is 452 g/mol. The maximum atomic E-state index is 6.15. The van der Waals surface area contributed by atoms with Gasteiger partial charge in [-0.15, -0.1) is 0 Å². The van der Waals surface area contributed by atoms with Crippen molar-refractivity contribution in [1.82, 2.24) is 0 Å². The van der Waals surface area contributed by atoms with Gasteiger partial charge in [0.25, 0.3) is 0 Å². The summed E-state index contributed by atoms with van der Waals surface area (Å²) in [5.41, 5.74) is 3.52. The van der Waals surface area contributed by atoms with Crippen molar-refractivity contribution in [2.45, 2.75) is 20.8 Å². The molecule has 0 N–H and O–H groups in total. The largest absolute Gasteiger partial charge is 0.457 e. The van der Waals surface area contributed by atoms with Crippen molar-refractivity contribution in [3.8, 4) is 34.5 Å². The summed E-state index contributed by atoms with van der Waals surface area (Å²) in [6.45, 7) is 6.14. The fourth-order valence-corrected chi connectivity index (χ4v) is 3.36. The Morgan fingerprint density at radius 2 is 0.774 bits per heavy atom. The zero-order chi connectivity index (χ0) is 21.8. The van der Waals surface area contributed by atoms with Crippen LogP contribution in [0.2, 0.25) is 0 Å². The molecule has 3 nitrogen and oxygen atoms in total. The molecular formula is C27H23BrO3. The van der Waals surface area contributed by atoms with E-state index in [-0.39, 0.29) is 0 Å². The third-order valence-corrected chi connectivity index (χ3v) is 5.52. The van der Waals surface area contributed by atoms with E-state index in [2.05, 4.69) is 15.9 Å². The minimum atomic E-state index is 0.607. The van der Waals surface area contributed by atoms with E-state index in [1.165, 1.54) is 16.7 Å². The second-order valence-corrected chi connectivity index (χ2v) is 8.27. The fourth-order valence-electron chi connectivity index (χ4n) is 2.96. The number of hydrogen-bond acceptors (Lipinski definition) is 3. The first-order chi connectivity index (χ1) is 15.0. The molecule has 156 valence electrons. The lowest BCUT2D eigenvalue weighted by molar-refractivity contribution is 0.435. The highest BCUT2D eigenvalue weighted by Gasteiger charge is 2.15. The molecule has 4 aromatic carbocycles. The highest BCUT2D eigenvalue weighted by Crippen LogP contribution is 2.43. The van der Waals surface area contributed by atoms with Gasteiger partial charge in [0.2, 0.25) is 0 Å². The fraction of sp³-hybridized carbons (Fsp3) is 0.111. The number of aryl methyl sites for hydroxylation is 3. The van der Waals surface area contributed by atoms with Gasteiger partial charge in [-0.25, -0.2) is 0 Å². The standard InChI is InChI=1S/C27H23BrO3/c1-18-4-10-21(11-5-18)29-24-16-25(30-22-12-6-19(2)7-13-22)27(28)26(17-24)31-23-14-8-20(3)9-15-23/h4-17H,1-3H3. The lowest BCUT2D eigenvalue weighted by Crippen LogP contribution is -1.93. The highest BCUT2D eigenvalue weighted by molar-refractivity contribution is 9.10. The minimum absolute atomic E-state index is 0.607. The molecule has 0 atom stereocenters. The molecule has 31 heavy (non-hydrogen) atoms. The van der Waals surface area contributed by atoms with Crippen LogP contribution in [0.3, 0.4) is 0 Å². The molecule has 0 heterocycles. The second kappa shape index (κ2) is 9.27. The van der Waals surface area contributed by atoms with Crippen LogP contribution in [0, 0.1) is 20.8 Å². The third kappa shape index (κ3) is 5.47. The average Bonchev–Trinajstić information content (AvgIpc) is 2.76. The first-order valence-electron chi connectivity index (χ1n) is 10.0. The lowest BCUT2D eigenvalue weighted by Gasteiger charge is -2.16. The maximum Gasteiger partial charge on any atom is 0.149 e. The van der Waals surface area contributed by atoms with Crippen LogP contribution in [0.5, 0.6) is 34.5 Å². The van der Waals surface area contributed by atoms with Crippen molar-refractivity contribution in [1.29, 1.82) is 0 Å². The molecule has 0 bridgehead atoms. The summed E-state index contributed by atoms with van der Waals surface area (Å²) >= 11 is 3.65. The zero-order valence-corrected chi connectivity index (χ0v) is 19.3. The molecule has 0 unspecified atom stereocenters. The van der Waals surface area contributed by atoms with Gasteiger partial charge >= 0.3 is 0 Å². The number of benzene rings is 4. The van der Waals surface area contributed by atoms with E-state index < -0.39 is 0 Å². The molecule has 0 saturated carbocycles. The quantitative estimate of drug-likeness (QED) is 0.279. The lowest BCUT2D eigenvalue weighted by atomic mass is 10.2. The normalized spacial score (nSPS) is 10.6. The summed E-state index contributed by atoms with van der Waals surface area (Å²) in [6, 6.07) is 27.4. The monoisotopic (exact) mass is 474 g/mol. The average molecular weight is 475 g/mol. The molecule has 0 saturated heterocycles. The summed E-state index contributed by atoms with van der Waals surface area (Å²) < 4.78 is 19.1. The summed E-state index contributed by atoms with van der Waals surface area (Å²) in [5, 5.41) is 0. The summed E-state index contributed by atoms with van der Waals surface area (Å²) in [5.74, 6) is 4.05. The highest BCUT2D eigenvalue weighted by atomic mass is 79.9. The van der Waals surface area contributed by atoms with Crippen molar-refractivity contribution >= 4 is 15.9 Å². The van der Waals surface area contributed by atoms with Crippen molar-refractivity contribution in [2.24, 2.45) is 0 Å². The van der Waals surface area contributed by atoms with E-state index in [1.807, 2.05) is 106 Å². The van der Waals surface area contributed by atoms with Gasteiger partial charge in [-0.1, -0.05) is 53.1 Å². The molecule has 4 rings (SSSR count). The van der Waals surface area contributed by atoms with Gasteiger partial charge < -0.3 is 14.2 Å². The summed E-state index contributed by atoms with van der Waals surface area (Å²) in [6.07, 6.45) is 0. The Kier molecular flexibility index (Phi) is 6.28. The first kappa shape index (κ1) is 21.0. The van der Waals surface area contributed by atoms with E-state index >= 15 is 0 Å². The van der Waals surface area contributed by atoms with Crippen molar-refractivity contribution < 1.29 is 14.2 Å². The van der Waals surface area contributed by atoms with E-state index in [4.69, 9.17) is 14.2 Å². The second-order valence-electron chi connectivity index (χ2n) is 7.48. The van der Waals surface area contributed by atoms with E-state index in [1.54, 1.807) is 0 Å². The molecule has 4 aromatic rings. The van der Waals surface area contributed by atoms with Crippen LogP contribution in [-0.2, 0) is 0 Å². The Bertz CT molecular complexity index is 1100.